The molecule has 4 rings (SSSR count). The molecule has 4 fully saturated rings. The van der Waals surface area contributed by atoms with Gasteiger partial charge in [-0.2, -0.15) is 0 Å². The van der Waals surface area contributed by atoms with Gasteiger partial charge in [-0.3, -0.25) is 9.59 Å². The number of hydrogen-bond acceptors (Lipinski definition) is 3. The van der Waals surface area contributed by atoms with E-state index in [1.165, 1.54) is 12.8 Å². The fraction of sp³-hybridized carbons (Fsp3) is 0.889. The molecule has 23 heavy (non-hydrogen) atoms. The van der Waals surface area contributed by atoms with Crippen molar-refractivity contribution in [3.63, 3.8) is 0 Å². The molecule has 1 spiro atoms. The molecule has 128 valence electrons. The average molecular weight is 320 g/mol. The molecule has 2 heterocycles. The van der Waals surface area contributed by atoms with Crippen LogP contribution in [0.2, 0.25) is 0 Å². The summed E-state index contributed by atoms with van der Waals surface area (Å²) < 4.78 is 6.03. The van der Waals surface area contributed by atoms with Gasteiger partial charge in [-0.25, -0.2) is 0 Å². The topological polar surface area (TPSA) is 49.9 Å². The molecule has 0 aromatic heterocycles. The van der Waals surface area contributed by atoms with Crippen molar-refractivity contribution in [2.75, 3.05) is 32.8 Å². The highest BCUT2D eigenvalue weighted by Crippen LogP contribution is 2.37. The van der Waals surface area contributed by atoms with Gasteiger partial charge in [0, 0.05) is 32.1 Å². The van der Waals surface area contributed by atoms with Gasteiger partial charge in [0.05, 0.1) is 18.1 Å². The van der Waals surface area contributed by atoms with E-state index in [9.17, 15) is 9.59 Å². The standard InChI is InChI=1S/C18H28N2O3/c21-16(14-5-6-14)19-9-3-4-15(12-19)17(22)20-10-11-23-18(13-20)7-1-2-8-18/h14-15H,1-13H2/t15-/m0/s1. The molecule has 0 radical (unpaired) electrons. The van der Waals surface area contributed by atoms with E-state index in [1.54, 1.807) is 0 Å². The molecule has 2 saturated carbocycles. The normalized spacial score (nSPS) is 30.7. The summed E-state index contributed by atoms with van der Waals surface area (Å²) in [6.45, 7) is 3.63. The lowest BCUT2D eigenvalue weighted by atomic mass is 9.94. The highest BCUT2D eigenvalue weighted by Gasteiger charge is 2.43. The second-order valence-corrected chi connectivity index (χ2v) is 7.90. The number of morpholine rings is 1. The van der Waals surface area contributed by atoms with Crippen molar-refractivity contribution >= 4 is 11.8 Å². The molecule has 2 amide bonds. The molecule has 0 unspecified atom stereocenters. The van der Waals surface area contributed by atoms with Crippen LogP contribution >= 0.6 is 0 Å². The van der Waals surface area contributed by atoms with E-state index in [0.717, 1.165) is 51.6 Å². The van der Waals surface area contributed by atoms with Crippen molar-refractivity contribution in [3.05, 3.63) is 0 Å². The van der Waals surface area contributed by atoms with E-state index < -0.39 is 0 Å². The molecule has 4 aliphatic rings. The molecule has 0 aromatic rings. The van der Waals surface area contributed by atoms with Crippen LogP contribution in [0, 0.1) is 11.8 Å². The number of piperidine rings is 1. The van der Waals surface area contributed by atoms with Crippen molar-refractivity contribution in [2.45, 2.75) is 57.0 Å². The van der Waals surface area contributed by atoms with Crippen molar-refractivity contribution in [3.8, 4) is 0 Å². The number of ether oxygens (including phenoxy) is 1. The van der Waals surface area contributed by atoms with Gasteiger partial charge < -0.3 is 14.5 Å². The zero-order valence-electron chi connectivity index (χ0n) is 14.0. The Labute approximate surface area is 138 Å². The fourth-order valence-corrected chi connectivity index (χ4v) is 4.58. The van der Waals surface area contributed by atoms with Crippen molar-refractivity contribution in [2.24, 2.45) is 11.8 Å². The first kappa shape index (κ1) is 15.4. The van der Waals surface area contributed by atoms with E-state index in [-0.39, 0.29) is 29.3 Å². The maximum atomic E-state index is 13.0. The Kier molecular flexibility index (Phi) is 4.08. The molecule has 0 aromatic carbocycles. The molecule has 2 saturated heterocycles. The van der Waals surface area contributed by atoms with Gasteiger partial charge >= 0.3 is 0 Å². The van der Waals surface area contributed by atoms with Crippen LogP contribution in [0.1, 0.15) is 51.4 Å². The molecular weight excluding hydrogens is 292 g/mol. The van der Waals surface area contributed by atoms with Gasteiger partial charge in [0.15, 0.2) is 0 Å². The minimum absolute atomic E-state index is 0.00278. The Balaban J connectivity index is 1.38. The van der Waals surface area contributed by atoms with Crippen LogP contribution in [0.15, 0.2) is 0 Å². The monoisotopic (exact) mass is 320 g/mol. The summed E-state index contributed by atoms with van der Waals surface area (Å²) in [7, 11) is 0. The van der Waals surface area contributed by atoms with E-state index in [4.69, 9.17) is 4.74 Å². The largest absolute Gasteiger partial charge is 0.371 e. The van der Waals surface area contributed by atoms with Crippen molar-refractivity contribution < 1.29 is 14.3 Å². The lowest BCUT2D eigenvalue weighted by molar-refractivity contribution is -0.156. The summed E-state index contributed by atoms with van der Waals surface area (Å²) in [5.74, 6) is 0.807. The van der Waals surface area contributed by atoms with Crippen molar-refractivity contribution in [1.82, 2.24) is 9.80 Å². The van der Waals surface area contributed by atoms with E-state index in [1.807, 2.05) is 9.80 Å². The Morgan fingerprint density at radius 1 is 0.870 bits per heavy atom. The molecule has 0 bridgehead atoms. The summed E-state index contributed by atoms with van der Waals surface area (Å²) in [5.41, 5.74) is -0.0634. The SMILES string of the molecule is O=C(C1CC1)N1CCC[C@H](C(=O)N2CCOC3(CCCC3)C2)C1. The Morgan fingerprint density at radius 2 is 1.61 bits per heavy atom. The molecular formula is C18H28N2O3. The quantitative estimate of drug-likeness (QED) is 0.780. The van der Waals surface area contributed by atoms with Crippen molar-refractivity contribution in [1.29, 1.82) is 0 Å². The Hall–Kier alpha value is -1.10. The van der Waals surface area contributed by atoms with Gasteiger partial charge in [0.25, 0.3) is 0 Å². The second kappa shape index (κ2) is 6.08. The zero-order chi connectivity index (χ0) is 15.9. The summed E-state index contributed by atoms with van der Waals surface area (Å²) >= 11 is 0. The van der Waals surface area contributed by atoms with E-state index in [2.05, 4.69) is 0 Å². The lowest BCUT2D eigenvalue weighted by Crippen LogP contribution is -2.55. The third kappa shape index (κ3) is 3.12. The zero-order valence-corrected chi connectivity index (χ0v) is 14.0. The summed E-state index contributed by atoms with van der Waals surface area (Å²) in [6, 6.07) is 0. The predicted molar refractivity (Wildman–Crippen MR) is 85.8 cm³/mol. The molecule has 2 aliphatic heterocycles. The Morgan fingerprint density at radius 3 is 2.35 bits per heavy atom. The number of carbonyl (C=O) groups is 2. The van der Waals surface area contributed by atoms with Crippen LogP contribution in [0.4, 0.5) is 0 Å². The first-order valence-corrected chi connectivity index (χ1v) is 9.38. The third-order valence-corrected chi connectivity index (χ3v) is 6.08. The van der Waals surface area contributed by atoms with Gasteiger partial charge in [0.2, 0.25) is 11.8 Å². The van der Waals surface area contributed by atoms with Gasteiger partial charge in [-0.1, -0.05) is 12.8 Å². The number of likely N-dealkylation sites (tertiary alicyclic amines) is 1. The maximum absolute atomic E-state index is 13.0. The van der Waals surface area contributed by atoms with E-state index in [0.29, 0.717) is 19.7 Å². The fourth-order valence-electron chi connectivity index (χ4n) is 4.58. The highest BCUT2D eigenvalue weighted by atomic mass is 16.5. The van der Waals surface area contributed by atoms with Crippen LogP contribution in [-0.2, 0) is 14.3 Å². The second-order valence-electron chi connectivity index (χ2n) is 7.90. The molecule has 5 heteroatoms. The van der Waals surface area contributed by atoms with Crippen LogP contribution in [0.3, 0.4) is 0 Å². The maximum Gasteiger partial charge on any atom is 0.227 e. The van der Waals surface area contributed by atoms with Crippen LogP contribution in [-0.4, -0.2) is 60.0 Å². The predicted octanol–water partition coefficient (Wildman–Crippen LogP) is 1.81. The van der Waals surface area contributed by atoms with Crippen LogP contribution < -0.4 is 0 Å². The number of hydrogen-bond donors (Lipinski definition) is 0. The minimum atomic E-state index is -0.0634. The van der Waals surface area contributed by atoms with Gasteiger partial charge in [-0.05, 0) is 38.5 Å². The van der Waals surface area contributed by atoms with Crippen LogP contribution in [0.5, 0.6) is 0 Å². The number of rotatable bonds is 2. The molecule has 0 N–H and O–H groups in total. The first-order valence-electron chi connectivity index (χ1n) is 9.38. The van der Waals surface area contributed by atoms with E-state index >= 15 is 0 Å². The van der Waals surface area contributed by atoms with Crippen LogP contribution in [0.25, 0.3) is 0 Å². The number of amides is 2. The highest BCUT2D eigenvalue weighted by molar-refractivity contribution is 5.83. The van der Waals surface area contributed by atoms with Gasteiger partial charge in [-0.15, -0.1) is 0 Å². The summed E-state index contributed by atoms with van der Waals surface area (Å²) in [5, 5.41) is 0. The summed E-state index contributed by atoms with van der Waals surface area (Å²) in [6.07, 6.45) is 8.59. The van der Waals surface area contributed by atoms with Gasteiger partial charge in [0.1, 0.15) is 0 Å². The smallest absolute Gasteiger partial charge is 0.227 e. The first-order chi connectivity index (χ1) is 11.2. The molecule has 1 atom stereocenters. The third-order valence-electron chi connectivity index (χ3n) is 6.08. The minimum Gasteiger partial charge on any atom is -0.371 e. The lowest BCUT2D eigenvalue weighted by Gasteiger charge is -2.43. The average Bonchev–Trinajstić information content (AvgIpc) is 3.35. The summed E-state index contributed by atoms with van der Waals surface area (Å²) in [4.78, 5) is 29.3. The Bertz CT molecular complexity index is 483. The molecule has 2 aliphatic carbocycles. The number of nitrogens with zero attached hydrogens (tertiary/aromatic N) is 2. The molecule has 5 nitrogen and oxygen atoms in total. The number of carbonyl (C=O) groups excluding carboxylic acids is 2.